The van der Waals surface area contributed by atoms with E-state index in [1.54, 1.807) is 23.1 Å². The van der Waals surface area contributed by atoms with Gasteiger partial charge in [-0.05, 0) is 55.7 Å². The van der Waals surface area contributed by atoms with Crippen molar-refractivity contribution in [2.24, 2.45) is 0 Å². The number of benzene rings is 3. The molecule has 1 N–H and O–H groups in total. The van der Waals surface area contributed by atoms with Crippen LogP contribution in [0.4, 0.5) is 0 Å². The molecular formula is C28H31ClN2O3. The van der Waals surface area contributed by atoms with Gasteiger partial charge < -0.3 is 15.0 Å². The molecule has 1 atom stereocenters. The largest absolute Gasteiger partial charge is 0.484 e. The van der Waals surface area contributed by atoms with E-state index in [9.17, 15) is 9.59 Å². The average Bonchev–Trinajstić information content (AvgIpc) is 2.84. The molecule has 34 heavy (non-hydrogen) atoms. The van der Waals surface area contributed by atoms with Crippen LogP contribution in [-0.4, -0.2) is 35.9 Å². The SMILES string of the molecule is CCNC(=O)[C@@H](Cc1ccccc1)N(Cc1ccc(C)cc1)C(=O)COc1ccc(Cl)c(C)c1. The predicted octanol–water partition coefficient (Wildman–Crippen LogP) is 5.11. The standard InChI is InChI=1S/C28H31ClN2O3/c1-4-30-28(33)26(17-22-8-6-5-7-9-22)31(18-23-12-10-20(2)11-13-23)27(32)19-34-24-14-15-25(29)21(3)16-24/h5-16,26H,4,17-19H2,1-3H3,(H,30,33)/t26-/m1/s1. The molecule has 3 aromatic rings. The first kappa shape index (κ1) is 25.3. The lowest BCUT2D eigenvalue weighted by Crippen LogP contribution is -2.51. The second-order valence-electron chi connectivity index (χ2n) is 8.31. The Kier molecular flexibility index (Phi) is 9.11. The highest BCUT2D eigenvalue weighted by molar-refractivity contribution is 6.31. The van der Waals surface area contributed by atoms with Gasteiger partial charge in [0.05, 0.1) is 0 Å². The van der Waals surface area contributed by atoms with Crippen molar-refractivity contribution in [3.8, 4) is 5.75 Å². The van der Waals surface area contributed by atoms with Crippen molar-refractivity contribution in [3.05, 3.63) is 100 Å². The lowest BCUT2D eigenvalue weighted by atomic mass is 10.0. The lowest BCUT2D eigenvalue weighted by Gasteiger charge is -2.31. The van der Waals surface area contributed by atoms with E-state index in [1.807, 2.05) is 75.4 Å². The van der Waals surface area contributed by atoms with Gasteiger partial charge in [0.15, 0.2) is 6.61 Å². The number of amides is 2. The number of carbonyl (C=O) groups excluding carboxylic acids is 2. The molecule has 0 unspecified atom stereocenters. The van der Waals surface area contributed by atoms with Crippen LogP contribution in [0.3, 0.4) is 0 Å². The number of halogens is 1. The monoisotopic (exact) mass is 478 g/mol. The molecule has 3 aromatic carbocycles. The minimum absolute atomic E-state index is 0.183. The number of hydrogen-bond acceptors (Lipinski definition) is 3. The average molecular weight is 479 g/mol. The zero-order chi connectivity index (χ0) is 24.5. The fraction of sp³-hybridized carbons (Fsp3) is 0.286. The molecule has 0 aliphatic rings. The molecule has 0 heterocycles. The van der Waals surface area contributed by atoms with Crippen LogP contribution in [-0.2, 0) is 22.6 Å². The van der Waals surface area contributed by atoms with E-state index in [2.05, 4.69) is 5.32 Å². The predicted molar refractivity (Wildman–Crippen MR) is 136 cm³/mol. The summed E-state index contributed by atoms with van der Waals surface area (Å²) >= 11 is 6.10. The topological polar surface area (TPSA) is 58.6 Å². The molecule has 6 heteroatoms. The van der Waals surface area contributed by atoms with Crippen molar-refractivity contribution >= 4 is 23.4 Å². The number of rotatable bonds is 10. The third kappa shape index (κ3) is 7.09. The number of likely N-dealkylation sites (N-methyl/N-ethyl adjacent to an activating group) is 1. The molecule has 0 saturated heterocycles. The van der Waals surface area contributed by atoms with Crippen LogP contribution < -0.4 is 10.1 Å². The lowest BCUT2D eigenvalue weighted by molar-refractivity contribution is -0.142. The Hall–Kier alpha value is -3.31. The summed E-state index contributed by atoms with van der Waals surface area (Å²) in [5.74, 6) is 0.109. The molecule has 0 fully saturated rings. The fourth-order valence-corrected chi connectivity index (χ4v) is 3.79. The van der Waals surface area contributed by atoms with Gasteiger partial charge in [-0.2, -0.15) is 0 Å². The van der Waals surface area contributed by atoms with Crippen LogP contribution in [0, 0.1) is 13.8 Å². The number of carbonyl (C=O) groups is 2. The van der Waals surface area contributed by atoms with Crippen molar-refractivity contribution in [1.29, 1.82) is 0 Å². The second-order valence-corrected chi connectivity index (χ2v) is 8.71. The van der Waals surface area contributed by atoms with E-state index in [-0.39, 0.29) is 18.4 Å². The van der Waals surface area contributed by atoms with Gasteiger partial charge in [0, 0.05) is 24.5 Å². The first-order valence-corrected chi connectivity index (χ1v) is 11.8. The maximum absolute atomic E-state index is 13.5. The number of hydrogen-bond donors (Lipinski definition) is 1. The molecule has 0 aliphatic carbocycles. The van der Waals surface area contributed by atoms with Crippen LogP contribution in [0.1, 0.15) is 29.2 Å². The van der Waals surface area contributed by atoms with Gasteiger partial charge in [-0.3, -0.25) is 9.59 Å². The Bertz CT molecular complexity index is 1100. The van der Waals surface area contributed by atoms with Crippen molar-refractivity contribution < 1.29 is 14.3 Å². The zero-order valence-corrected chi connectivity index (χ0v) is 20.6. The number of aryl methyl sites for hydroxylation is 2. The van der Waals surface area contributed by atoms with Crippen LogP contribution in [0.25, 0.3) is 0 Å². The minimum atomic E-state index is -0.674. The summed E-state index contributed by atoms with van der Waals surface area (Å²) in [4.78, 5) is 28.2. The van der Waals surface area contributed by atoms with E-state index < -0.39 is 6.04 Å². The molecule has 0 aromatic heterocycles. The van der Waals surface area contributed by atoms with Gasteiger partial charge in [-0.15, -0.1) is 0 Å². The quantitative estimate of drug-likeness (QED) is 0.440. The molecular weight excluding hydrogens is 448 g/mol. The summed E-state index contributed by atoms with van der Waals surface area (Å²) in [5, 5.41) is 3.53. The molecule has 5 nitrogen and oxygen atoms in total. The maximum Gasteiger partial charge on any atom is 0.261 e. The Morgan fingerprint density at radius 1 is 0.971 bits per heavy atom. The van der Waals surface area contributed by atoms with Gasteiger partial charge in [-0.25, -0.2) is 0 Å². The van der Waals surface area contributed by atoms with Gasteiger partial charge in [0.1, 0.15) is 11.8 Å². The molecule has 0 radical (unpaired) electrons. The molecule has 3 rings (SSSR count). The van der Waals surface area contributed by atoms with E-state index in [0.29, 0.717) is 30.3 Å². The Morgan fingerprint density at radius 3 is 2.32 bits per heavy atom. The zero-order valence-electron chi connectivity index (χ0n) is 19.9. The summed E-state index contributed by atoms with van der Waals surface area (Å²) in [6, 6.07) is 22.3. The molecule has 0 saturated carbocycles. The van der Waals surface area contributed by atoms with Crippen LogP contribution in [0.15, 0.2) is 72.8 Å². The molecule has 2 amide bonds. The van der Waals surface area contributed by atoms with Crippen LogP contribution in [0.5, 0.6) is 5.75 Å². The van der Waals surface area contributed by atoms with E-state index in [4.69, 9.17) is 16.3 Å². The van der Waals surface area contributed by atoms with E-state index in [1.165, 1.54) is 0 Å². The highest BCUT2D eigenvalue weighted by Gasteiger charge is 2.30. The Labute approximate surface area is 206 Å². The van der Waals surface area contributed by atoms with Crippen LogP contribution >= 0.6 is 11.6 Å². The Balaban J connectivity index is 1.88. The minimum Gasteiger partial charge on any atom is -0.484 e. The first-order chi connectivity index (χ1) is 16.4. The van der Waals surface area contributed by atoms with Gasteiger partial charge >= 0.3 is 0 Å². The smallest absolute Gasteiger partial charge is 0.261 e. The van der Waals surface area contributed by atoms with Crippen molar-refractivity contribution in [2.45, 2.75) is 39.8 Å². The number of ether oxygens (including phenoxy) is 1. The van der Waals surface area contributed by atoms with Crippen molar-refractivity contribution in [2.75, 3.05) is 13.2 Å². The summed E-state index contributed by atoms with van der Waals surface area (Å²) in [5.41, 5.74) is 3.93. The van der Waals surface area contributed by atoms with Gasteiger partial charge in [0.2, 0.25) is 5.91 Å². The summed E-state index contributed by atoms with van der Waals surface area (Å²) in [6.45, 7) is 6.37. The van der Waals surface area contributed by atoms with Crippen molar-refractivity contribution in [3.63, 3.8) is 0 Å². The number of nitrogens with one attached hydrogen (secondary N) is 1. The van der Waals surface area contributed by atoms with E-state index >= 15 is 0 Å². The number of nitrogens with zero attached hydrogens (tertiary/aromatic N) is 1. The fourth-order valence-electron chi connectivity index (χ4n) is 3.67. The van der Waals surface area contributed by atoms with Gasteiger partial charge in [0.25, 0.3) is 5.91 Å². The maximum atomic E-state index is 13.5. The summed E-state index contributed by atoms with van der Waals surface area (Å²) in [6.07, 6.45) is 0.407. The summed E-state index contributed by atoms with van der Waals surface area (Å²) in [7, 11) is 0. The first-order valence-electron chi connectivity index (χ1n) is 11.4. The molecule has 0 bridgehead atoms. The van der Waals surface area contributed by atoms with Crippen molar-refractivity contribution in [1.82, 2.24) is 10.2 Å². The molecule has 178 valence electrons. The highest BCUT2D eigenvalue weighted by Crippen LogP contribution is 2.22. The van der Waals surface area contributed by atoms with E-state index in [0.717, 1.165) is 22.3 Å². The third-order valence-corrected chi connectivity index (χ3v) is 6.01. The summed E-state index contributed by atoms with van der Waals surface area (Å²) < 4.78 is 5.80. The molecule has 0 aliphatic heterocycles. The molecule has 0 spiro atoms. The highest BCUT2D eigenvalue weighted by atomic mass is 35.5. The third-order valence-electron chi connectivity index (χ3n) is 5.59. The van der Waals surface area contributed by atoms with Crippen LogP contribution in [0.2, 0.25) is 5.02 Å². The Morgan fingerprint density at radius 2 is 1.68 bits per heavy atom. The normalized spacial score (nSPS) is 11.5. The van der Waals surface area contributed by atoms with Gasteiger partial charge in [-0.1, -0.05) is 71.8 Å². The second kappa shape index (κ2) is 12.2.